The summed E-state index contributed by atoms with van der Waals surface area (Å²) in [6.07, 6.45) is -2.19. The van der Waals surface area contributed by atoms with Crippen LogP contribution in [0.15, 0.2) is 36.5 Å². The Hall–Kier alpha value is -3.17. The van der Waals surface area contributed by atoms with Gasteiger partial charge in [-0.2, -0.15) is 13.2 Å². The number of hydrogen-bond donors (Lipinski definition) is 2. The summed E-state index contributed by atoms with van der Waals surface area (Å²) in [6, 6.07) is 7.53. The summed E-state index contributed by atoms with van der Waals surface area (Å²) < 4.78 is 49.2. The van der Waals surface area contributed by atoms with E-state index in [0.29, 0.717) is 56.5 Å². The van der Waals surface area contributed by atoms with Crippen LogP contribution in [0.2, 0.25) is 0 Å². The van der Waals surface area contributed by atoms with Crippen LogP contribution in [0.25, 0.3) is 0 Å². The average molecular weight is 450 g/mol. The summed E-state index contributed by atoms with van der Waals surface area (Å²) in [5.74, 6) is 1.88. The van der Waals surface area contributed by atoms with Crippen LogP contribution >= 0.6 is 0 Å². The van der Waals surface area contributed by atoms with Crippen LogP contribution in [-0.4, -0.2) is 43.4 Å². The zero-order valence-corrected chi connectivity index (χ0v) is 17.6. The number of hydrogen-bond acceptors (Lipinski definition) is 5. The third-order valence-electron chi connectivity index (χ3n) is 5.64. The molecule has 4 rings (SSSR count). The lowest BCUT2D eigenvalue weighted by atomic mass is 10.0. The number of fused-ring (bicyclic) bond motifs is 1. The second kappa shape index (κ2) is 9.13. The van der Waals surface area contributed by atoms with Crippen molar-refractivity contribution in [2.24, 2.45) is 0 Å². The standard InChI is InChI=1S/C22H25F3N4O3/c1-14(15-2-4-18-19(12-15)32-11-10-31-18)27-21(30)28-17-6-8-29(9-7-17)20-5-3-16(13-26-20)22(23,24)25/h2-5,12-14,17H,6-11H2,1H3,(H2,27,28,30). The minimum absolute atomic E-state index is 0.0202. The molecular formula is C22H25F3N4O3. The molecule has 3 heterocycles. The number of anilines is 1. The first-order valence-corrected chi connectivity index (χ1v) is 10.5. The SMILES string of the molecule is CC(NC(=O)NC1CCN(c2ccc(C(F)(F)F)cn2)CC1)c1ccc2c(c1)OCCO2. The maximum atomic E-state index is 12.7. The summed E-state index contributed by atoms with van der Waals surface area (Å²) >= 11 is 0. The predicted molar refractivity (Wildman–Crippen MR) is 112 cm³/mol. The van der Waals surface area contributed by atoms with Crippen molar-refractivity contribution in [3.63, 3.8) is 0 Å². The largest absolute Gasteiger partial charge is 0.486 e. The summed E-state index contributed by atoms with van der Waals surface area (Å²) in [4.78, 5) is 18.3. The molecule has 0 bridgehead atoms. The molecule has 7 nitrogen and oxygen atoms in total. The lowest BCUT2D eigenvalue weighted by Gasteiger charge is -2.33. The van der Waals surface area contributed by atoms with Crippen molar-refractivity contribution in [1.82, 2.24) is 15.6 Å². The molecule has 0 saturated carbocycles. The molecule has 1 aromatic carbocycles. The maximum absolute atomic E-state index is 12.7. The number of urea groups is 1. The molecule has 1 saturated heterocycles. The summed E-state index contributed by atoms with van der Waals surface area (Å²) in [5.41, 5.74) is 0.147. The minimum Gasteiger partial charge on any atom is -0.486 e. The number of pyridine rings is 1. The Morgan fingerprint density at radius 3 is 2.50 bits per heavy atom. The lowest BCUT2D eigenvalue weighted by molar-refractivity contribution is -0.137. The summed E-state index contributed by atoms with van der Waals surface area (Å²) in [7, 11) is 0. The highest BCUT2D eigenvalue weighted by Crippen LogP contribution is 2.33. The predicted octanol–water partition coefficient (Wildman–Crippen LogP) is 3.90. The van der Waals surface area contributed by atoms with E-state index in [9.17, 15) is 18.0 Å². The molecule has 1 atom stereocenters. The van der Waals surface area contributed by atoms with E-state index in [1.54, 1.807) is 0 Å². The van der Waals surface area contributed by atoms with Gasteiger partial charge >= 0.3 is 12.2 Å². The number of carbonyl (C=O) groups is 1. The topological polar surface area (TPSA) is 75.7 Å². The molecule has 0 spiro atoms. The Balaban J connectivity index is 1.25. The van der Waals surface area contributed by atoms with Gasteiger partial charge in [-0.05, 0) is 49.6 Å². The zero-order chi connectivity index (χ0) is 22.7. The van der Waals surface area contributed by atoms with Gasteiger partial charge in [-0.15, -0.1) is 0 Å². The first-order valence-electron chi connectivity index (χ1n) is 10.5. The molecule has 2 aromatic rings. The first-order chi connectivity index (χ1) is 15.3. The van der Waals surface area contributed by atoms with E-state index in [1.165, 1.54) is 6.07 Å². The number of ether oxygens (including phenoxy) is 2. The molecule has 172 valence electrons. The number of nitrogens with zero attached hydrogens (tertiary/aromatic N) is 2. The second-order valence-electron chi connectivity index (χ2n) is 7.91. The molecule has 0 radical (unpaired) electrons. The molecular weight excluding hydrogens is 425 g/mol. The van der Waals surface area contributed by atoms with Crippen molar-refractivity contribution >= 4 is 11.8 Å². The molecule has 2 aliphatic heterocycles. The van der Waals surface area contributed by atoms with Crippen LogP contribution in [0, 0.1) is 0 Å². The number of amides is 2. The van der Waals surface area contributed by atoms with Gasteiger partial charge in [0.15, 0.2) is 11.5 Å². The van der Waals surface area contributed by atoms with Gasteiger partial charge in [0.25, 0.3) is 0 Å². The first kappa shape index (κ1) is 22.0. The van der Waals surface area contributed by atoms with E-state index in [0.717, 1.165) is 17.8 Å². The highest BCUT2D eigenvalue weighted by atomic mass is 19.4. The molecule has 0 aliphatic carbocycles. The number of aromatic nitrogens is 1. The van der Waals surface area contributed by atoms with E-state index < -0.39 is 11.7 Å². The smallest absolute Gasteiger partial charge is 0.417 e. The van der Waals surface area contributed by atoms with Gasteiger partial charge in [-0.3, -0.25) is 0 Å². The molecule has 10 heteroatoms. The highest BCUT2D eigenvalue weighted by Gasteiger charge is 2.31. The van der Waals surface area contributed by atoms with Gasteiger partial charge in [0.1, 0.15) is 19.0 Å². The van der Waals surface area contributed by atoms with Gasteiger partial charge in [0.2, 0.25) is 0 Å². The number of rotatable bonds is 4. The van der Waals surface area contributed by atoms with Gasteiger partial charge in [0, 0.05) is 25.3 Å². The zero-order valence-electron chi connectivity index (χ0n) is 17.6. The second-order valence-corrected chi connectivity index (χ2v) is 7.91. The molecule has 1 aromatic heterocycles. The van der Waals surface area contributed by atoms with Gasteiger partial charge < -0.3 is 25.0 Å². The normalized spacial score (nSPS) is 17.6. The Bertz CT molecular complexity index is 944. The number of halogens is 3. The van der Waals surface area contributed by atoms with E-state index in [-0.39, 0.29) is 18.1 Å². The Labute approximate surface area is 183 Å². The van der Waals surface area contributed by atoms with Gasteiger partial charge in [0.05, 0.1) is 11.6 Å². The van der Waals surface area contributed by atoms with Crippen LogP contribution in [0.5, 0.6) is 11.5 Å². The lowest BCUT2D eigenvalue weighted by Crippen LogP contribution is -2.48. The Morgan fingerprint density at radius 1 is 1.12 bits per heavy atom. The van der Waals surface area contributed by atoms with Gasteiger partial charge in [-0.1, -0.05) is 6.07 Å². The minimum atomic E-state index is -4.40. The number of nitrogens with one attached hydrogen (secondary N) is 2. The molecule has 2 N–H and O–H groups in total. The van der Waals surface area contributed by atoms with Crippen molar-refractivity contribution < 1.29 is 27.4 Å². The number of piperidine rings is 1. The van der Waals surface area contributed by atoms with Crippen LogP contribution in [0.4, 0.5) is 23.8 Å². The molecule has 2 amide bonds. The van der Waals surface area contributed by atoms with Crippen LogP contribution in [-0.2, 0) is 6.18 Å². The molecule has 2 aliphatic rings. The van der Waals surface area contributed by atoms with E-state index in [4.69, 9.17) is 9.47 Å². The van der Waals surface area contributed by atoms with Crippen molar-refractivity contribution in [1.29, 1.82) is 0 Å². The summed E-state index contributed by atoms with van der Waals surface area (Å²) in [6.45, 7) is 4.11. The quantitative estimate of drug-likeness (QED) is 0.739. The maximum Gasteiger partial charge on any atom is 0.417 e. The van der Waals surface area contributed by atoms with Crippen molar-refractivity contribution in [2.75, 3.05) is 31.2 Å². The Morgan fingerprint density at radius 2 is 1.84 bits per heavy atom. The number of carbonyl (C=O) groups excluding carboxylic acids is 1. The molecule has 32 heavy (non-hydrogen) atoms. The fourth-order valence-corrected chi connectivity index (χ4v) is 3.83. The van der Waals surface area contributed by atoms with Crippen LogP contribution in [0.1, 0.15) is 36.9 Å². The molecule has 1 fully saturated rings. The van der Waals surface area contributed by atoms with Crippen molar-refractivity contribution in [3.05, 3.63) is 47.7 Å². The van der Waals surface area contributed by atoms with Crippen LogP contribution < -0.4 is 25.0 Å². The fraction of sp³-hybridized carbons (Fsp3) is 0.455. The third kappa shape index (κ3) is 5.17. The monoisotopic (exact) mass is 450 g/mol. The van der Waals surface area contributed by atoms with Crippen LogP contribution in [0.3, 0.4) is 0 Å². The number of alkyl halides is 3. The Kier molecular flexibility index (Phi) is 6.29. The fourth-order valence-electron chi connectivity index (χ4n) is 3.83. The van der Waals surface area contributed by atoms with Crippen molar-refractivity contribution in [2.45, 2.75) is 38.0 Å². The summed E-state index contributed by atoms with van der Waals surface area (Å²) in [5, 5.41) is 5.92. The van der Waals surface area contributed by atoms with E-state index >= 15 is 0 Å². The molecule has 1 unspecified atom stereocenters. The van der Waals surface area contributed by atoms with Gasteiger partial charge in [-0.25, -0.2) is 9.78 Å². The van der Waals surface area contributed by atoms with E-state index in [1.807, 2.05) is 30.0 Å². The highest BCUT2D eigenvalue weighted by molar-refractivity contribution is 5.74. The van der Waals surface area contributed by atoms with E-state index in [2.05, 4.69) is 15.6 Å². The third-order valence-corrected chi connectivity index (χ3v) is 5.64. The average Bonchev–Trinajstić information content (AvgIpc) is 2.78. The number of benzene rings is 1. The van der Waals surface area contributed by atoms with Crippen molar-refractivity contribution in [3.8, 4) is 11.5 Å².